The monoisotopic (exact) mass is 287 g/mol. The lowest BCUT2D eigenvalue weighted by atomic mass is 10.1. The van der Waals surface area contributed by atoms with E-state index in [4.69, 9.17) is 5.73 Å². The Morgan fingerprint density at radius 1 is 1.10 bits per heavy atom. The van der Waals surface area contributed by atoms with Gasteiger partial charge < -0.3 is 10.6 Å². The Labute approximate surface area is 129 Å². The molecule has 1 aromatic rings. The molecule has 2 aliphatic heterocycles. The van der Waals surface area contributed by atoms with Crippen LogP contribution in [0.1, 0.15) is 50.6 Å². The second-order valence-corrected chi connectivity index (χ2v) is 6.59. The van der Waals surface area contributed by atoms with Gasteiger partial charge in [0.2, 0.25) is 0 Å². The van der Waals surface area contributed by atoms with Crippen LogP contribution in [0.5, 0.6) is 0 Å². The summed E-state index contributed by atoms with van der Waals surface area (Å²) >= 11 is 0. The molecule has 0 spiro atoms. The molecule has 3 heteroatoms. The molecule has 1 aromatic carbocycles. The summed E-state index contributed by atoms with van der Waals surface area (Å²) in [6.07, 6.45) is 6.52. The average Bonchev–Trinajstić information content (AvgIpc) is 3.05. The van der Waals surface area contributed by atoms with Crippen LogP contribution >= 0.6 is 0 Å². The summed E-state index contributed by atoms with van der Waals surface area (Å²) in [7, 11) is 0. The molecule has 2 fully saturated rings. The first-order valence-electron chi connectivity index (χ1n) is 8.62. The van der Waals surface area contributed by atoms with Crippen LogP contribution in [0.2, 0.25) is 0 Å². The van der Waals surface area contributed by atoms with E-state index in [1.807, 2.05) is 0 Å². The highest BCUT2D eigenvalue weighted by molar-refractivity contribution is 5.49. The van der Waals surface area contributed by atoms with Gasteiger partial charge in [0.25, 0.3) is 0 Å². The molecule has 0 bridgehead atoms. The van der Waals surface area contributed by atoms with Crippen molar-refractivity contribution < 1.29 is 0 Å². The van der Waals surface area contributed by atoms with Crippen molar-refractivity contribution in [1.82, 2.24) is 4.90 Å². The Bertz CT molecular complexity index is 436. The molecule has 0 aromatic heterocycles. The zero-order valence-corrected chi connectivity index (χ0v) is 13.3. The van der Waals surface area contributed by atoms with Crippen LogP contribution < -0.4 is 10.6 Å². The van der Waals surface area contributed by atoms with E-state index in [2.05, 4.69) is 41.0 Å². The van der Waals surface area contributed by atoms with Gasteiger partial charge in [0, 0.05) is 30.9 Å². The summed E-state index contributed by atoms with van der Waals surface area (Å²) in [5, 5.41) is 0. The predicted molar refractivity (Wildman–Crippen MR) is 89.7 cm³/mol. The lowest BCUT2D eigenvalue weighted by molar-refractivity contribution is 0.175. The Hall–Kier alpha value is -1.06. The zero-order chi connectivity index (χ0) is 14.7. The number of hydrogen-bond donors (Lipinski definition) is 1. The number of rotatable bonds is 4. The van der Waals surface area contributed by atoms with E-state index in [0.717, 1.165) is 12.5 Å². The number of anilines is 1. The lowest BCUT2D eigenvalue weighted by Crippen LogP contribution is -2.40. The van der Waals surface area contributed by atoms with Crippen LogP contribution in [-0.4, -0.2) is 37.1 Å². The van der Waals surface area contributed by atoms with Crippen molar-refractivity contribution in [2.45, 2.75) is 51.1 Å². The van der Waals surface area contributed by atoms with Crippen molar-refractivity contribution in [2.24, 2.45) is 5.73 Å². The fraction of sp³-hybridized carbons (Fsp3) is 0.667. The predicted octanol–water partition coefficient (Wildman–Crippen LogP) is 3.16. The minimum absolute atomic E-state index is 0.179. The lowest BCUT2D eigenvalue weighted by Gasteiger charge is -2.32. The second kappa shape index (κ2) is 6.80. The number of nitrogens with zero attached hydrogens (tertiary/aromatic N) is 2. The largest absolute Gasteiger partial charge is 0.370 e. The maximum absolute atomic E-state index is 6.10. The van der Waals surface area contributed by atoms with E-state index in [0.29, 0.717) is 0 Å². The van der Waals surface area contributed by atoms with Gasteiger partial charge in [-0.05, 0) is 56.5 Å². The highest BCUT2D eigenvalue weighted by Crippen LogP contribution is 2.26. The smallest absolute Gasteiger partial charge is 0.0366 e. The minimum Gasteiger partial charge on any atom is -0.370 e. The summed E-state index contributed by atoms with van der Waals surface area (Å²) < 4.78 is 0. The quantitative estimate of drug-likeness (QED) is 0.923. The molecule has 0 amide bonds. The van der Waals surface area contributed by atoms with Gasteiger partial charge in [0.15, 0.2) is 0 Å². The molecule has 116 valence electrons. The van der Waals surface area contributed by atoms with Gasteiger partial charge in [-0.1, -0.05) is 25.5 Å². The zero-order valence-electron chi connectivity index (χ0n) is 13.3. The maximum atomic E-state index is 6.10. The highest BCUT2D eigenvalue weighted by atomic mass is 15.3. The Morgan fingerprint density at radius 2 is 1.81 bits per heavy atom. The van der Waals surface area contributed by atoms with Gasteiger partial charge in [-0.15, -0.1) is 0 Å². The molecule has 2 saturated heterocycles. The average molecular weight is 287 g/mol. The van der Waals surface area contributed by atoms with E-state index in [1.165, 1.54) is 63.1 Å². The van der Waals surface area contributed by atoms with E-state index in [9.17, 15) is 0 Å². The summed E-state index contributed by atoms with van der Waals surface area (Å²) in [6.45, 7) is 7.15. The second-order valence-electron chi connectivity index (χ2n) is 6.59. The molecular weight excluding hydrogens is 258 g/mol. The molecule has 2 heterocycles. The highest BCUT2D eigenvalue weighted by Gasteiger charge is 2.28. The molecule has 0 saturated carbocycles. The summed E-state index contributed by atoms with van der Waals surface area (Å²) in [5.41, 5.74) is 8.72. The first-order chi connectivity index (χ1) is 10.3. The molecule has 0 radical (unpaired) electrons. The Balaban J connectivity index is 1.60. The van der Waals surface area contributed by atoms with Gasteiger partial charge in [0.05, 0.1) is 0 Å². The van der Waals surface area contributed by atoms with Gasteiger partial charge in [-0.3, -0.25) is 4.90 Å². The molecule has 2 atom stereocenters. The van der Waals surface area contributed by atoms with Gasteiger partial charge >= 0.3 is 0 Å². The fourth-order valence-corrected chi connectivity index (χ4v) is 3.73. The fourth-order valence-electron chi connectivity index (χ4n) is 3.73. The first kappa shape index (κ1) is 14.9. The first-order valence-corrected chi connectivity index (χ1v) is 8.62. The molecule has 1 unspecified atom stereocenters. The van der Waals surface area contributed by atoms with Crippen LogP contribution in [-0.2, 0) is 0 Å². The SMILES string of the molecule is CC[C@@H](N)c1ccc(N2CCC(N3CCCCC3)C2)cc1. The van der Waals surface area contributed by atoms with Gasteiger partial charge in [-0.25, -0.2) is 0 Å². The molecule has 3 nitrogen and oxygen atoms in total. The van der Waals surface area contributed by atoms with Crippen molar-refractivity contribution in [2.75, 3.05) is 31.1 Å². The summed E-state index contributed by atoms with van der Waals surface area (Å²) in [6, 6.07) is 9.86. The third-order valence-corrected chi connectivity index (χ3v) is 5.20. The number of benzene rings is 1. The Morgan fingerprint density at radius 3 is 2.48 bits per heavy atom. The van der Waals surface area contributed by atoms with Gasteiger partial charge in [0.1, 0.15) is 0 Å². The molecule has 3 rings (SSSR count). The van der Waals surface area contributed by atoms with Crippen LogP contribution in [0.3, 0.4) is 0 Å². The van der Waals surface area contributed by atoms with Crippen molar-refractivity contribution >= 4 is 5.69 Å². The topological polar surface area (TPSA) is 32.5 Å². The molecule has 2 aliphatic rings. The number of piperidine rings is 1. The Kier molecular flexibility index (Phi) is 4.81. The van der Waals surface area contributed by atoms with Crippen LogP contribution in [0.25, 0.3) is 0 Å². The van der Waals surface area contributed by atoms with E-state index < -0.39 is 0 Å². The molecule has 21 heavy (non-hydrogen) atoms. The van der Waals surface area contributed by atoms with Crippen LogP contribution in [0, 0.1) is 0 Å². The number of nitrogens with two attached hydrogens (primary N) is 1. The molecule has 0 aliphatic carbocycles. The molecule has 2 N–H and O–H groups in total. The van der Waals surface area contributed by atoms with Gasteiger partial charge in [-0.2, -0.15) is 0 Å². The van der Waals surface area contributed by atoms with Crippen molar-refractivity contribution in [3.63, 3.8) is 0 Å². The van der Waals surface area contributed by atoms with E-state index in [-0.39, 0.29) is 6.04 Å². The third kappa shape index (κ3) is 3.41. The summed E-state index contributed by atoms with van der Waals surface area (Å²) in [5.74, 6) is 0. The van der Waals surface area contributed by atoms with Crippen molar-refractivity contribution in [3.05, 3.63) is 29.8 Å². The maximum Gasteiger partial charge on any atom is 0.0366 e. The number of hydrogen-bond acceptors (Lipinski definition) is 3. The van der Waals surface area contributed by atoms with E-state index >= 15 is 0 Å². The van der Waals surface area contributed by atoms with Crippen molar-refractivity contribution in [1.29, 1.82) is 0 Å². The van der Waals surface area contributed by atoms with Crippen molar-refractivity contribution in [3.8, 4) is 0 Å². The standard InChI is InChI=1S/C18H29N3/c1-2-18(19)15-6-8-16(9-7-15)21-13-10-17(14-21)20-11-4-3-5-12-20/h6-9,17-18H,2-5,10-14,19H2,1H3/t17?,18-/m1/s1. The molecular formula is C18H29N3. The number of likely N-dealkylation sites (tertiary alicyclic amines) is 1. The normalized spacial score (nSPS) is 25.2. The van der Waals surface area contributed by atoms with Crippen LogP contribution in [0.4, 0.5) is 5.69 Å². The summed E-state index contributed by atoms with van der Waals surface area (Å²) in [4.78, 5) is 5.26. The third-order valence-electron chi connectivity index (χ3n) is 5.20. The van der Waals surface area contributed by atoms with Crippen LogP contribution in [0.15, 0.2) is 24.3 Å². The minimum atomic E-state index is 0.179. The van der Waals surface area contributed by atoms with E-state index in [1.54, 1.807) is 0 Å².